The molecular formula is C15H18N2OS. The Morgan fingerprint density at radius 2 is 2.00 bits per heavy atom. The fraction of sp³-hybridized carbons (Fsp3) is 0.267. The molecule has 4 heteroatoms. The molecule has 0 fully saturated rings. The van der Waals surface area contributed by atoms with Crippen LogP contribution in [-0.2, 0) is 6.54 Å². The van der Waals surface area contributed by atoms with Gasteiger partial charge in [-0.05, 0) is 54.6 Å². The number of aryl methyl sites for hydroxylation is 2. The molecule has 1 amide bonds. The molecule has 1 aromatic heterocycles. The lowest BCUT2D eigenvalue weighted by Crippen LogP contribution is -2.26. The lowest BCUT2D eigenvalue weighted by atomic mass is 10.1. The molecule has 0 aliphatic carbocycles. The molecule has 19 heavy (non-hydrogen) atoms. The summed E-state index contributed by atoms with van der Waals surface area (Å²) < 4.78 is 0. The Morgan fingerprint density at radius 1 is 1.26 bits per heavy atom. The molecule has 2 aromatic rings. The van der Waals surface area contributed by atoms with Crippen LogP contribution in [0.1, 0.15) is 26.4 Å². The molecule has 3 nitrogen and oxygen atoms in total. The maximum absolute atomic E-state index is 12.3. The van der Waals surface area contributed by atoms with E-state index in [9.17, 15) is 4.79 Å². The first-order chi connectivity index (χ1) is 8.99. The molecule has 100 valence electrons. The van der Waals surface area contributed by atoms with Gasteiger partial charge in [-0.25, -0.2) is 0 Å². The second-order valence-corrected chi connectivity index (χ2v) is 5.76. The number of rotatable bonds is 3. The third-order valence-electron chi connectivity index (χ3n) is 3.21. The maximum Gasteiger partial charge on any atom is 0.253 e. The van der Waals surface area contributed by atoms with Gasteiger partial charge >= 0.3 is 0 Å². The van der Waals surface area contributed by atoms with Crippen molar-refractivity contribution < 1.29 is 4.79 Å². The molecular weight excluding hydrogens is 256 g/mol. The molecule has 2 N–H and O–H groups in total. The second kappa shape index (κ2) is 5.45. The third kappa shape index (κ3) is 2.96. The fourth-order valence-corrected chi connectivity index (χ4v) is 2.84. The van der Waals surface area contributed by atoms with Crippen LogP contribution in [0.5, 0.6) is 0 Å². The predicted octanol–water partition coefficient (Wildman–Crippen LogP) is 3.22. The minimum absolute atomic E-state index is 0.0240. The summed E-state index contributed by atoms with van der Waals surface area (Å²) >= 11 is 1.68. The molecule has 0 aliphatic rings. The number of anilines is 1. The van der Waals surface area contributed by atoms with Gasteiger partial charge < -0.3 is 10.6 Å². The first-order valence-corrected chi connectivity index (χ1v) is 7.01. The minimum Gasteiger partial charge on any atom is -0.399 e. The van der Waals surface area contributed by atoms with Crippen LogP contribution in [0.15, 0.2) is 29.6 Å². The average Bonchev–Trinajstić information content (AvgIpc) is 2.77. The summed E-state index contributed by atoms with van der Waals surface area (Å²) in [5.41, 5.74) is 9.34. The average molecular weight is 274 g/mol. The van der Waals surface area contributed by atoms with Crippen molar-refractivity contribution >= 4 is 22.9 Å². The Labute approximate surface area is 117 Å². The number of hydrogen-bond donors (Lipinski definition) is 1. The highest BCUT2D eigenvalue weighted by atomic mass is 32.1. The molecule has 0 aliphatic heterocycles. The van der Waals surface area contributed by atoms with E-state index in [2.05, 4.69) is 18.4 Å². The predicted molar refractivity (Wildman–Crippen MR) is 80.4 cm³/mol. The Bertz CT molecular complexity index is 604. The standard InChI is InChI=1S/C15H18N2OS/c1-10-6-7-19-14(10)9-17(3)15(18)12-4-5-13(16)11(2)8-12/h4-8H,9,16H2,1-3H3. The van der Waals surface area contributed by atoms with Crippen molar-refractivity contribution in [2.75, 3.05) is 12.8 Å². The smallest absolute Gasteiger partial charge is 0.253 e. The summed E-state index contributed by atoms with van der Waals surface area (Å²) in [6.45, 7) is 4.62. The van der Waals surface area contributed by atoms with E-state index in [0.717, 1.165) is 5.56 Å². The van der Waals surface area contributed by atoms with Crippen molar-refractivity contribution in [2.24, 2.45) is 0 Å². The van der Waals surface area contributed by atoms with Crippen LogP contribution < -0.4 is 5.73 Å². The Morgan fingerprint density at radius 3 is 2.58 bits per heavy atom. The summed E-state index contributed by atoms with van der Waals surface area (Å²) in [6, 6.07) is 7.48. The number of nitrogens with zero attached hydrogens (tertiary/aromatic N) is 1. The highest BCUT2D eigenvalue weighted by Crippen LogP contribution is 2.19. The van der Waals surface area contributed by atoms with E-state index in [-0.39, 0.29) is 5.91 Å². The van der Waals surface area contributed by atoms with Gasteiger partial charge in [0.15, 0.2) is 0 Å². The number of nitrogens with two attached hydrogens (primary N) is 1. The lowest BCUT2D eigenvalue weighted by molar-refractivity contribution is 0.0786. The van der Waals surface area contributed by atoms with Gasteiger partial charge in [0, 0.05) is 23.2 Å². The van der Waals surface area contributed by atoms with Crippen molar-refractivity contribution in [3.8, 4) is 0 Å². The SMILES string of the molecule is Cc1cc(C(=O)N(C)Cc2sccc2C)ccc1N. The number of amides is 1. The van der Waals surface area contributed by atoms with E-state index in [1.807, 2.05) is 20.0 Å². The van der Waals surface area contributed by atoms with Gasteiger partial charge in [0.25, 0.3) is 5.91 Å². The van der Waals surface area contributed by atoms with E-state index in [1.54, 1.807) is 28.4 Å². The van der Waals surface area contributed by atoms with Crippen molar-refractivity contribution in [3.63, 3.8) is 0 Å². The molecule has 2 rings (SSSR count). The Balaban J connectivity index is 2.15. The molecule has 0 bridgehead atoms. The van der Waals surface area contributed by atoms with Crippen molar-refractivity contribution in [2.45, 2.75) is 20.4 Å². The zero-order chi connectivity index (χ0) is 14.0. The molecule has 1 heterocycles. The van der Waals surface area contributed by atoms with E-state index in [0.29, 0.717) is 17.8 Å². The summed E-state index contributed by atoms with van der Waals surface area (Å²) in [7, 11) is 1.83. The van der Waals surface area contributed by atoms with Crippen LogP contribution in [0, 0.1) is 13.8 Å². The third-order valence-corrected chi connectivity index (χ3v) is 4.22. The van der Waals surface area contributed by atoms with Crippen molar-refractivity contribution in [3.05, 3.63) is 51.2 Å². The topological polar surface area (TPSA) is 46.3 Å². The van der Waals surface area contributed by atoms with Crippen molar-refractivity contribution in [1.82, 2.24) is 4.90 Å². The number of nitrogen functional groups attached to an aromatic ring is 1. The van der Waals surface area contributed by atoms with Gasteiger partial charge in [0.1, 0.15) is 0 Å². The molecule has 0 saturated carbocycles. The summed E-state index contributed by atoms with van der Waals surface area (Å²) in [5.74, 6) is 0.0240. The summed E-state index contributed by atoms with van der Waals surface area (Å²) in [6.07, 6.45) is 0. The van der Waals surface area contributed by atoms with E-state index in [4.69, 9.17) is 5.73 Å². The van der Waals surface area contributed by atoms with Gasteiger partial charge in [-0.15, -0.1) is 11.3 Å². The van der Waals surface area contributed by atoms with Crippen LogP contribution in [0.3, 0.4) is 0 Å². The quantitative estimate of drug-likeness (QED) is 0.874. The molecule has 0 unspecified atom stereocenters. The highest BCUT2D eigenvalue weighted by molar-refractivity contribution is 7.10. The second-order valence-electron chi connectivity index (χ2n) is 4.76. The van der Waals surface area contributed by atoms with Crippen LogP contribution >= 0.6 is 11.3 Å². The zero-order valence-corrected chi connectivity index (χ0v) is 12.3. The Hall–Kier alpha value is -1.81. The lowest BCUT2D eigenvalue weighted by Gasteiger charge is -2.17. The van der Waals surface area contributed by atoms with E-state index < -0.39 is 0 Å². The van der Waals surface area contributed by atoms with Gasteiger partial charge in [-0.3, -0.25) is 4.79 Å². The first kappa shape index (κ1) is 13.6. The number of carbonyl (C=O) groups is 1. The zero-order valence-electron chi connectivity index (χ0n) is 11.4. The van der Waals surface area contributed by atoms with Crippen LogP contribution in [-0.4, -0.2) is 17.9 Å². The van der Waals surface area contributed by atoms with Gasteiger partial charge in [-0.1, -0.05) is 0 Å². The van der Waals surface area contributed by atoms with Crippen LogP contribution in [0.25, 0.3) is 0 Å². The molecule has 0 atom stereocenters. The first-order valence-electron chi connectivity index (χ1n) is 6.13. The molecule has 1 aromatic carbocycles. The summed E-state index contributed by atoms with van der Waals surface area (Å²) in [4.78, 5) is 15.3. The van der Waals surface area contributed by atoms with Gasteiger partial charge in [0.05, 0.1) is 6.54 Å². The highest BCUT2D eigenvalue weighted by Gasteiger charge is 2.14. The number of benzene rings is 1. The minimum atomic E-state index is 0.0240. The van der Waals surface area contributed by atoms with Crippen LogP contribution in [0.4, 0.5) is 5.69 Å². The largest absolute Gasteiger partial charge is 0.399 e. The normalized spacial score (nSPS) is 10.5. The Kier molecular flexibility index (Phi) is 3.90. The van der Waals surface area contributed by atoms with E-state index >= 15 is 0 Å². The van der Waals surface area contributed by atoms with Gasteiger partial charge in [0.2, 0.25) is 0 Å². The van der Waals surface area contributed by atoms with Gasteiger partial charge in [-0.2, -0.15) is 0 Å². The molecule has 0 saturated heterocycles. The summed E-state index contributed by atoms with van der Waals surface area (Å²) in [5, 5.41) is 2.05. The fourth-order valence-electron chi connectivity index (χ4n) is 1.88. The maximum atomic E-state index is 12.3. The molecule has 0 spiro atoms. The van der Waals surface area contributed by atoms with Crippen molar-refractivity contribution in [1.29, 1.82) is 0 Å². The van der Waals surface area contributed by atoms with E-state index in [1.165, 1.54) is 10.4 Å². The number of hydrogen-bond acceptors (Lipinski definition) is 3. The monoisotopic (exact) mass is 274 g/mol. The molecule has 0 radical (unpaired) electrons. The number of carbonyl (C=O) groups excluding carboxylic acids is 1. The number of thiophene rings is 1. The van der Waals surface area contributed by atoms with Crippen LogP contribution in [0.2, 0.25) is 0 Å².